The zero-order valence-electron chi connectivity index (χ0n) is 23.1. The quantitative estimate of drug-likeness (QED) is 0.230. The van der Waals surface area contributed by atoms with Crippen molar-refractivity contribution in [2.24, 2.45) is 0 Å². The van der Waals surface area contributed by atoms with E-state index in [1.807, 2.05) is 48.5 Å². The molecule has 4 heteroatoms. The maximum absolute atomic E-state index is 9.30. The molecule has 0 radical (unpaired) electrons. The van der Waals surface area contributed by atoms with Crippen LogP contribution in [0.4, 0.5) is 0 Å². The first kappa shape index (κ1) is 23.8. The van der Waals surface area contributed by atoms with Gasteiger partial charge in [0.1, 0.15) is 11.1 Å². The van der Waals surface area contributed by atoms with Gasteiger partial charge in [-0.25, -0.2) is 0 Å². The van der Waals surface area contributed by atoms with Crippen LogP contribution in [0.5, 0.6) is 0 Å². The van der Waals surface area contributed by atoms with Crippen molar-refractivity contribution in [3.8, 4) is 0 Å². The van der Waals surface area contributed by atoms with Crippen LogP contribution in [0.1, 0.15) is 16.7 Å². The second-order valence-corrected chi connectivity index (χ2v) is 11.0. The van der Waals surface area contributed by atoms with Gasteiger partial charge >= 0.3 is 0 Å². The van der Waals surface area contributed by atoms with E-state index in [2.05, 4.69) is 101 Å². The van der Waals surface area contributed by atoms with Crippen LogP contribution in [0.15, 0.2) is 143 Å². The number of hydrogen-bond acceptors (Lipinski definition) is 3. The normalized spacial score (nSPS) is 14.3. The number of nitrogens with one attached hydrogen (secondary N) is 2. The molecule has 1 aliphatic rings. The monoisotopic (exact) mass is 551 g/mol. The van der Waals surface area contributed by atoms with Gasteiger partial charge < -0.3 is 4.42 Å². The minimum atomic E-state index is 0.490. The highest BCUT2D eigenvalue weighted by atomic mass is 16.3. The number of allylic oxidation sites excluding steroid dienone is 2. The fraction of sp³-hybridized carbons (Fsp3) is 0. The van der Waals surface area contributed by atoms with Gasteiger partial charge in [-0.2, -0.15) is 0 Å². The topological polar surface area (TPSA) is 54.0 Å². The fourth-order valence-corrected chi connectivity index (χ4v) is 6.72. The number of benzene rings is 6. The Bertz CT molecular complexity index is 2490. The third-order valence-corrected chi connectivity index (χ3v) is 8.64. The number of fused-ring (bicyclic) bond motifs is 11. The third-order valence-electron chi connectivity index (χ3n) is 8.64. The molecule has 9 rings (SSSR count). The van der Waals surface area contributed by atoms with Gasteiger partial charge in [-0.05, 0) is 28.5 Å². The lowest BCUT2D eigenvalue weighted by Gasteiger charge is -2.22. The maximum atomic E-state index is 9.30. The first-order valence-corrected chi connectivity index (χ1v) is 14.5. The Hall–Kier alpha value is -5.87. The molecule has 2 aromatic heterocycles. The highest BCUT2D eigenvalue weighted by Gasteiger charge is 2.24. The predicted octanol–water partition coefficient (Wildman–Crippen LogP) is 9.90. The Balaban J connectivity index is 1.42. The van der Waals surface area contributed by atoms with E-state index in [4.69, 9.17) is 4.42 Å². The maximum Gasteiger partial charge on any atom is 0.162 e. The largest absolute Gasteiger partial charge is 0.454 e. The molecule has 1 aliphatic carbocycles. The summed E-state index contributed by atoms with van der Waals surface area (Å²) < 4.78 is 8.88. The number of aromatic nitrogens is 1. The number of para-hydroxylation sites is 2. The van der Waals surface area contributed by atoms with Crippen LogP contribution < -0.4 is 5.43 Å². The molecule has 0 fully saturated rings. The number of nitrogens with zero attached hydrogens (tertiary/aromatic N) is 1. The van der Waals surface area contributed by atoms with E-state index >= 15 is 0 Å². The lowest BCUT2D eigenvalue weighted by atomic mass is 9.89. The SMILES string of the molecule is N=C1/C(=C(\Nn2c3ccccc3c3c4ccccc4c4c5ccccc5oc4c32)c2ccccc2)C=Cc2ccccc21. The molecule has 8 aromatic rings. The molecule has 0 amide bonds. The molecule has 4 nitrogen and oxygen atoms in total. The van der Waals surface area contributed by atoms with E-state index < -0.39 is 0 Å². The molecule has 0 atom stereocenters. The van der Waals surface area contributed by atoms with Crippen molar-refractivity contribution in [1.82, 2.24) is 4.68 Å². The minimum Gasteiger partial charge on any atom is -0.454 e. The highest BCUT2D eigenvalue weighted by molar-refractivity contribution is 6.35. The summed E-state index contributed by atoms with van der Waals surface area (Å²) in [5.41, 5.74) is 12.7. The summed E-state index contributed by atoms with van der Waals surface area (Å²) >= 11 is 0. The van der Waals surface area contributed by atoms with Gasteiger partial charge in [0.05, 0.1) is 16.9 Å². The first-order chi connectivity index (χ1) is 21.3. The van der Waals surface area contributed by atoms with Crippen LogP contribution >= 0.6 is 0 Å². The molecule has 6 aromatic carbocycles. The lowest BCUT2D eigenvalue weighted by Crippen LogP contribution is -2.19. The van der Waals surface area contributed by atoms with E-state index in [0.717, 1.165) is 71.7 Å². The fourth-order valence-electron chi connectivity index (χ4n) is 6.72. The van der Waals surface area contributed by atoms with Gasteiger partial charge in [-0.3, -0.25) is 15.5 Å². The van der Waals surface area contributed by atoms with Gasteiger partial charge in [-0.1, -0.05) is 127 Å². The van der Waals surface area contributed by atoms with Crippen LogP contribution in [0.3, 0.4) is 0 Å². The van der Waals surface area contributed by atoms with E-state index in [1.54, 1.807) is 0 Å². The number of rotatable bonds is 3. The molecule has 202 valence electrons. The Morgan fingerprint density at radius 2 is 1.26 bits per heavy atom. The van der Waals surface area contributed by atoms with E-state index in [9.17, 15) is 5.41 Å². The Morgan fingerprint density at radius 3 is 2.09 bits per heavy atom. The summed E-state index contributed by atoms with van der Waals surface area (Å²) in [6.07, 6.45) is 4.16. The van der Waals surface area contributed by atoms with Crippen LogP contribution in [-0.2, 0) is 0 Å². The molecule has 0 unspecified atom stereocenters. The van der Waals surface area contributed by atoms with Crippen molar-refractivity contribution >= 4 is 72.0 Å². The van der Waals surface area contributed by atoms with Crippen molar-refractivity contribution in [3.63, 3.8) is 0 Å². The van der Waals surface area contributed by atoms with Crippen LogP contribution in [0.2, 0.25) is 0 Å². The second kappa shape index (κ2) is 9.07. The highest BCUT2D eigenvalue weighted by Crippen LogP contribution is 2.44. The molecular formula is C39H25N3O. The predicted molar refractivity (Wildman–Crippen MR) is 179 cm³/mol. The molecule has 43 heavy (non-hydrogen) atoms. The van der Waals surface area contributed by atoms with Crippen LogP contribution in [0.25, 0.3) is 66.3 Å². The van der Waals surface area contributed by atoms with Crippen molar-refractivity contribution < 1.29 is 4.42 Å². The summed E-state index contributed by atoms with van der Waals surface area (Å²) in [6, 6.07) is 43.8. The summed E-state index contributed by atoms with van der Waals surface area (Å²) in [4.78, 5) is 0. The minimum absolute atomic E-state index is 0.490. The molecule has 0 spiro atoms. The number of furan rings is 1. The van der Waals surface area contributed by atoms with Crippen LogP contribution in [0, 0.1) is 5.41 Å². The second-order valence-electron chi connectivity index (χ2n) is 11.0. The van der Waals surface area contributed by atoms with Gasteiger partial charge in [-0.15, -0.1) is 0 Å². The lowest BCUT2D eigenvalue weighted by molar-refractivity contribution is 0.671. The molecule has 0 saturated carbocycles. The van der Waals surface area contributed by atoms with E-state index in [-0.39, 0.29) is 0 Å². The summed E-state index contributed by atoms with van der Waals surface area (Å²) in [5, 5.41) is 16.1. The van der Waals surface area contributed by atoms with Gasteiger partial charge in [0, 0.05) is 38.2 Å². The standard InChI is InChI=1S/C39H25N3O/c40-36-26-15-5-4-12-24(26)22-23-31(36)37(25-13-2-1-3-14-25)41-42-32-20-10-8-18-29(32)34-27-16-6-7-17-28(27)35-30-19-9-11-21-33(30)43-39(35)38(34)42/h1-23,40-41H/b37-31-,40-36?. The Kier molecular flexibility index (Phi) is 5.02. The number of hydrogen-bond donors (Lipinski definition) is 2. The van der Waals surface area contributed by atoms with Crippen molar-refractivity contribution in [1.29, 1.82) is 5.41 Å². The molecular weight excluding hydrogens is 526 g/mol. The van der Waals surface area contributed by atoms with Crippen molar-refractivity contribution in [3.05, 3.63) is 156 Å². The smallest absolute Gasteiger partial charge is 0.162 e. The average molecular weight is 552 g/mol. The summed E-state index contributed by atoms with van der Waals surface area (Å²) in [6.45, 7) is 0. The average Bonchev–Trinajstić information content (AvgIpc) is 3.61. The van der Waals surface area contributed by atoms with Crippen LogP contribution in [-0.4, -0.2) is 10.4 Å². The Morgan fingerprint density at radius 1 is 0.605 bits per heavy atom. The van der Waals surface area contributed by atoms with E-state index in [0.29, 0.717) is 5.71 Å². The Labute approximate surface area is 247 Å². The third kappa shape index (κ3) is 3.41. The van der Waals surface area contributed by atoms with Crippen molar-refractivity contribution in [2.75, 3.05) is 5.43 Å². The van der Waals surface area contributed by atoms with Crippen molar-refractivity contribution in [2.45, 2.75) is 0 Å². The molecule has 0 aliphatic heterocycles. The van der Waals surface area contributed by atoms with Gasteiger partial charge in [0.25, 0.3) is 0 Å². The zero-order chi connectivity index (χ0) is 28.5. The molecule has 2 heterocycles. The van der Waals surface area contributed by atoms with Gasteiger partial charge in [0.2, 0.25) is 0 Å². The summed E-state index contributed by atoms with van der Waals surface area (Å²) in [7, 11) is 0. The molecule has 0 saturated heterocycles. The zero-order valence-corrected chi connectivity index (χ0v) is 23.1. The summed E-state index contributed by atoms with van der Waals surface area (Å²) in [5.74, 6) is 0. The first-order valence-electron chi connectivity index (χ1n) is 14.5. The van der Waals surface area contributed by atoms with E-state index in [1.165, 1.54) is 10.8 Å². The molecule has 2 N–H and O–H groups in total. The molecule has 0 bridgehead atoms. The van der Waals surface area contributed by atoms with Gasteiger partial charge in [0.15, 0.2) is 5.58 Å².